The van der Waals surface area contributed by atoms with Gasteiger partial charge in [0.25, 0.3) is 10.0 Å². The van der Waals surface area contributed by atoms with Crippen molar-refractivity contribution in [1.82, 2.24) is 23.6 Å². The Morgan fingerprint density at radius 3 is 2.50 bits per heavy atom. The molecule has 5 rings (SSSR count). The molecule has 0 amide bonds. The Bertz CT molecular complexity index is 1440. The standard InChI is InChI=1S/C27H33N5O3S/c1-30(13-14-35-3)23-11-9-20(10-12-23)21-15-25-26(22-17-29-31(2)18-22)19-32(27(25)28-16-21)36(33,34)24-7-5-4-6-8-24/h4-8,15-20,23H,9-14H2,1-3H3/t20-,23+. The smallest absolute Gasteiger partial charge is 0.269 e. The van der Waals surface area contributed by atoms with Crippen LogP contribution in [0.5, 0.6) is 0 Å². The molecule has 9 heteroatoms. The number of likely N-dealkylation sites (N-methyl/N-ethyl adjacent to an activating group) is 1. The summed E-state index contributed by atoms with van der Waals surface area (Å²) in [6.07, 6.45) is 11.6. The monoisotopic (exact) mass is 507 g/mol. The van der Waals surface area contributed by atoms with E-state index in [0.29, 0.717) is 17.6 Å². The first-order valence-corrected chi connectivity index (χ1v) is 13.8. The summed E-state index contributed by atoms with van der Waals surface area (Å²) in [6.45, 7) is 1.69. The fourth-order valence-corrected chi connectivity index (χ4v) is 6.61. The predicted octanol–water partition coefficient (Wildman–Crippen LogP) is 4.28. The maximum absolute atomic E-state index is 13.5. The van der Waals surface area contributed by atoms with Crippen molar-refractivity contribution >= 4 is 21.1 Å². The van der Waals surface area contributed by atoms with Crippen LogP contribution in [0.25, 0.3) is 22.2 Å². The van der Waals surface area contributed by atoms with Crippen LogP contribution in [0.2, 0.25) is 0 Å². The third kappa shape index (κ3) is 4.70. The molecule has 1 saturated carbocycles. The SMILES string of the molecule is COCCN(C)[C@H]1CC[C@@H](c2cnc3c(c2)c(-c2cnn(C)c2)cn3S(=O)(=O)c2ccccc2)CC1. The molecule has 0 spiro atoms. The van der Waals surface area contributed by atoms with Gasteiger partial charge in [-0.3, -0.25) is 4.68 Å². The fourth-order valence-electron chi connectivity index (χ4n) is 5.27. The predicted molar refractivity (Wildman–Crippen MR) is 140 cm³/mol. The number of methoxy groups -OCH3 is 1. The molecule has 190 valence electrons. The van der Waals surface area contributed by atoms with Crippen LogP contribution in [-0.4, -0.2) is 65.4 Å². The van der Waals surface area contributed by atoms with Crippen LogP contribution >= 0.6 is 0 Å². The van der Waals surface area contributed by atoms with Gasteiger partial charge >= 0.3 is 0 Å². The molecule has 3 aromatic heterocycles. The van der Waals surface area contributed by atoms with Crippen molar-refractivity contribution < 1.29 is 13.2 Å². The number of aryl methyl sites for hydroxylation is 1. The van der Waals surface area contributed by atoms with Gasteiger partial charge in [-0.15, -0.1) is 0 Å². The number of pyridine rings is 1. The summed E-state index contributed by atoms with van der Waals surface area (Å²) in [5, 5.41) is 5.14. The zero-order valence-corrected chi connectivity index (χ0v) is 21.9. The Kier molecular flexibility index (Phi) is 6.96. The highest BCUT2D eigenvalue weighted by Gasteiger charge is 2.27. The van der Waals surface area contributed by atoms with Gasteiger partial charge in [0, 0.05) is 61.8 Å². The van der Waals surface area contributed by atoms with Gasteiger partial charge in [0.15, 0.2) is 5.65 Å². The Morgan fingerprint density at radius 1 is 1.08 bits per heavy atom. The molecule has 0 saturated heterocycles. The minimum atomic E-state index is -3.80. The highest BCUT2D eigenvalue weighted by atomic mass is 32.2. The molecule has 0 unspecified atom stereocenters. The lowest BCUT2D eigenvalue weighted by Crippen LogP contribution is -2.36. The van der Waals surface area contributed by atoms with Crippen LogP contribution in [0, 0.1) is 0 Å². The Hall–Kier alpha value is -3.01. The zero-order valence-electron chi connectivity index (χ0n) is 21.0. The zero-order chi connectivity index (χ0) is 25.3. The van der Waals surface area contributed by atoms with E-state index >= 15 is 0 Å². The first-order valence-electron chi connectivity index (χ1n) is 12.4. The maximum Gasteiger partial charge on any atom is 0.269 e. The number of fused-ring (bicyclic) bond motifs is 1. The molecule has 3 heterocycles. The Morgan fingerprint density at radius 2 is 1.83 bits per heavy atom. The van der Waals surface area contributed by atoms with Crippen LogP contribution in [0.3, 0.4) is 0 Å². The van der Waals surface area contributed by atoms with Gasteiger partial charge in [-0.25, -0.2) is 17.4 Å². The van der Waals surface area contributed by atoms with Gasteiger partial charge in [0.2, 0.25) is 0 Å². The highest BCUT2D eigenvalue weighted by Crippen LogP contribution is 2.38. The quantitative estimate of drug-likeness (QED) is 0.354. The van der Waals surface area contributed by atoms with Crippen molar-refractivity contribution in [3.63, 3.8) is 0 Å². The lowest BCUT2D eigenvalue weighted by Gasteiger charge is -2.34. The second kappa shape index (κ2) is 10.2. The van der Waals surface area contributed by atoms with Crippen molar-refractivity contribution in [2.24, 2.45) is 7.05 Å². The van der Waals surface area contributed by atoms with E-state index in [9.17, 15) is 8.42 Å². The maximum atomic E-state index is 13.5. The number of aromatic nitrogens is 4. The molecule has 1 aromatic carbocycles. The number of benzene rings is 1. The summed E-state index contributed by atoms with van der Waals surface area (Å²) in [5.41, 5.74) is 3.29. The van der Waals surface area contributed by atoms with Crippen molar-refractivity contribution in [3.8, 4) is 11.1 Å². The first-order chi connectivity index (χ1) is 17.4. The summed E-state index contributed by atoms with van der Waals surface area (Å²) in [5.74, 6) is 0.407. The van der Waals surface area contributed by atoms with Gasteiger partial charge in [-0.2, -0.15) is 5.10 Å². The number of hydrogen-bond donors (Lipinski definition) is 0. The van der Waals surface area contributed by atoms with E-state index in [0.717, 1.165) is 55.3 Å². The lowest BCUT2D eigenvalue weighted by molar-refractivity contribution is 0.120. The summed E-state index contributed by atoms with van der Waals surface area (Å²) < 4.78 is 35.4. The van der Waals surface area contributed by atoms with Gasteiger partial charge in [0.1, 0.15) is 0 Å². The number of nitrogens with zero attached hydrogens (tertiary/aromatic N) is 5. The lowest BCUT2D eigenvalue weighted by atomic mass is 9.81. The molecule has 1 aliphatic rings. The van der Waals surface area contributed by atoms with Crippen LogP contribution < -0.4 is 0 Å². The molecule has 0 N–H and O–H groups in total. The normalized spacial score (nSPS) is 18.8. The average Bonchev–Trinajstić information content (AvgIpc) is 3.51. The molecule has 0 bridgehead atoms. The van der Waals surface area contributed by atoms with Crippen LogP contribution in [0.4, 0.5) is 0 Å². The van der Waals surface area contributed by atoms with E-state index in [4.69, 9.17) is 9.72 Å². The first kappa shape index (κ1) is 24.7. The molecule has 4 aromatic rings. The molecular weight excluding hydrogens is 474 g/mol. The second-order valence-electron chi connectivity index (χ2n) is 9.68. The summed E-state index contributed by atoms with van der Waals surface area (Å²) in [4.78, 5) is 7.36. The molecule has 36 heavy (non-hydrogen) atoms. The van der Waals surface area contributed by atoms with E-state index in [1.54, 1.807) is 48.5 Å². The molecule has 0 radical (unpaired) electrons. The van der Waals surface area contributed by atoms with E-state index in [-0.39, 0.29) is 4.90 Å². The molecular formula is C27H33N5O3S. The molecule has 8 nitrogen and oxygen atoms in total. The highest BCUT2D eigenvalue weighted by molar-refractivity contribution is 7.90. The van der Waals surface area contributed by atoms with E-state index in [2.05, 4.69) is 23.1 Å². The number of hydrogen-bond acceptors (Lipinski definition) is 6. The van der Waals surface area contributed by atoms with E-state index in [1.807, 2.05) is 25.5 Å². The van der Waals surface area contributed by atoms with Crippen LogP contribution in [0.1, 0.15) is 37.2 Å². The summed E-state index contributed by atoms with van der Waals surface area (Å²) >= 11 is 0. The van der Waals surface area contributed by atoms with Crippen molar-refractivity contribution in [2.45, 2.75) is 42.5 Å². The third-order valence-electron chi connectivity index (χ3n) is 7.39. The van der Waals surface area contributed by atoms with Gasteiger partial charge in [-0.05, 0) is 62.4 Å². The molecule has 1 aliphatic carbocycles. The molecule has 0 atom stereocenters. The Labute approximate surface area is 212 Å². The van der Waals surface area contributed by atoms with Gasteiger partial charge in [0.05, 0.1) is 17.7 Å². The second-order valence-corrected chi connectivity index (χ2v) is 11.5. The van der Waals surface area contributed by atoms with Crippen molar-refractivity contribution in [2.75, 3.05) is 27.3 Å². The van der Waals surface area contributed by atoms with Gasteiger partial charge in [-0.1, -0.05) is 18.2 Å². The summed E-state index contributed by atoms with van der Waals surface area (Å²) in [7, 11) is 1.98. The average molecular weight is 508 g/mol. The Balaban J connectivity index is 1.51. The molecule has 0 aliphatic heterocycles. The third-order valence-corrected chi connectivity index (χ3v) is 9.05. The van der Waals surface area contributed by atoms with Crippen LogP contribution in [0.15, 0.2) is 66.1 Å². The minimum Gasteiger partial charge on any atom is -0.383 e. The minimum absolute atomic E-state index is 0.237. The number of ether oxygens (including phenoxy) is 1. The fraction of sp³-hybridized carbons (Fsp3) is 0.407. The van der Waals surface area contributed by atoms with Crippen molar-refractivity contribution in [3.05, 3.63) is 66.7 Å². The van der Waals surface area contributed by atoms with E-state index < -0.39 is 10.0 Å². The number of rotatable bonds is 8. The molecule has 1 fully saturated rings. The van der Waals surface area contributed by atoms with Gasteiger partial charge < -0.3 is 9.64 Å². The largest absolute Gasteiger partial charge is 0.383 e. The van der Waals surface area contributed by atoms with Crippen LogP contribution in [-0.2, 0) is 21.8 Å². The van der Waals surface area contributed by atoms with Crippen molar-refractivity contribution in [1.29, 1.82) is 0 Å². The summed E-state index contributed by atoms with van der Waals surface area (Å²) in [6, 6.07) is 11.2. The van der Waals surface area contributed by atoms with E-state index in [1.165, 1.54) is 9.54 Å². The topological polar surface area (TPSA) is 82.2 Å².